The Labute approximate surface area is 157 Å². The third kappa shape index (κ3) is 2.87. The van der Waals surface area contributed by atoms with E-state index >= 15 is 0 Å². The van der Waals surface area contributed by atoms with Crippen molar-refractivity contribution in [2.45, 2.75) is 43.2 Å². The molecule has 1 aromatic heterocycles. The van der Waals surface area contributed by atoms with Gasteiger partial charge in [-0.2, -0.15) is 4.31 Å². The SMILES string of the molecule is Cc1sc2ccc(Cl)cc2c1S(=O)(=O)N1C2CCNCC1CC2.Cl. The third-order valence-corrected chi connectivity index (χ3v) is 8.54. The van der Waals surface area contributed by atoms with Crippen molar-refractivity contribution >= 4 is 55.5 Å². The summed E-state index contributed by atoms with van der Waals surface area (Å²) in [5.74, 6) is 0. The van der Waals surface area contributed by atoms with E-state index < -0.39 is 10.0 Å². The Balaban J connectivity index is 0.00000169. The van der Waals surface area contributed by atoms with Crippen LogP contribution in [0.25, 0.3) is 10.1 Å². The summed E-state index contributed by atoms with van der Waals surface area (Å²) in [5.41, 5.74) is 0. The fourth-order valence-corrected chi connectivity index (χ4v) is 7.74. The molecule has 132 valence electrons. The number of halogens is 2. The predicted octanol–water partition coefficient (Wildman–Crippen LogP) is 3.80. The smallest absolute Gasteiger partial charge is 0.245 e. The lowest BCUT2D eigenvalue weighted by Gasteiger charge is -2.27. The molecule has 0 amide bonds. The molecule has 2 aliphatic heterocycles. The number of benzene rings is 1. The van der Waals surface area contributed by atoms with Crippen LogP contribution in [0.5, 0.6) is 0 Å². The van der Waals surface area contributed by atoms with Crippen molar-refractivity contribution in [3.8, 4) is 0 Å². The summed E-state index contributed by atoms with van der Waals surface area (Å²) in [6, 6.07) is 5.70. The Morgan fingerprint density at radius 3 is 2.79 bits per heavy atom. The van der Waals surface area contributed by atoms with Gasteiger partial charge in [0.2, 0.25) is 10.0 Å². The molecule has 2 aliphatic rings. The van der Waals surface area contributed by atoms with E-state index in [1.54, 1.807) is 10.4 Å². The van der Waals surface area contributed by atoms with Crippen LogP contribution >= 0.6 is 35.3 Å². The average molecular weight is 407 g/mol. The minimum atomic E-state index is -3.51. The van der Waals surface area contributed by atoms with Crippen LogP contribution in [0, 0.1) is 6.92 Å². The van der Waals surface area contributed by atoms with Gasteiger partial charge < -0.3 is 5.32 Å². The van der Waals surface area contributed by atoms with Crippen LogP contribution in [0.15, 0.2) is 23.1 Å². The molecule has 4 rings (SSSR count). The number of hydrogen-bond donors (Lipinski definition) is 1. The third-order valence-electron chi connectivity index (χ3n) is 4.89. The van der Waals surface area contributed by atoms with Crippen molar-refractivity contribution in [3.63, 3.8) is 0 Å². The van der Waals surface area contributed by atoms with E-state index in [2.05, 4.69) is 5.32 Å². The van der Waals surface area contributed by atoms with Crippen LogP contribution in [-0.4, -0.2) is 37.9 Å². The van der Waals surface area contributed by atoms with Gasteiger partial charge >= 0.3 is 0 Å². The van der Waals surface area contributed by atoms with Gasteiger partial charge in [0.15, 0.2) is 0 Å². The van der Waals surface area contributed by atoms with Gasteiger partial charge in [-0.25, -0.2) is 8.42 Å². The fourth-order valence-electron chi connectivity index (χ4n) is 3.93. The number of hydrogen-bond acceptors (Lipinski definition) is 4. The topological polar surface area (TPSA) is 49.4 Å². The fraction of sp³-hybridized carbons (Fsp3) is 0.500. The van der Waals surface area contributed by atoms with E-state index in [4.69, 9.17) is 11.6 Å². The second kappa shape index (κ2) is 6.74. The molecule has 1 N–H and O–H groups in total. The van der Waals surface area contributed by atoms with E-state index in [1.807, 2.05) is 19.1 Å². The second-order valence-electron chi connectivity index (χ2n) is 6.34. The van der Waals surface area contributed by atoms with Gasteiger partial charge in [0.05, 0.1) is 0 Å². The van der Waals surface area contributed by atoms with E-state index in [0.717, 1.165) is 47.3 Å². The number of thiophene rings is 1. The van der Waals surface area contributed by atoms with E-state index in [1.165, 1.54) is 11.3 Å². The van der Waals surface area contributed by atoms with Gasteiger partial charge in [-0.15, -0.1) is 23.7 Å². The first-order valence-electron chi connectivity index (χ1n) is 7.91. The van der Waals surface area contributed by atoms with Crippen LogP contribution in [0.4, 0.5) is 0 Å². The van der Waals surface area contributed by atoms with Crippen molar-refractivity contribution < 1.29 is 8.42 Å². The molecule has 2 aromatic rings. The molecular formula is C16H20Cl2N2O2S2. The van der Waals surface area contributed by atoms with Crippen LogP contribution in [0.3, 0.4) is 0 Å². The normalized spacial score (nSPS) is 24.8. The van der Waals surface area contributed by atoms with Gasteiger partial charge in [-0.1, -0.05) is 11.6 Å². The molecule has 1 aromatic carbocycles. The maximum atomic E-state index is 13.5. The number of aryl methyl sites for hydroxylation is 1. The highest BCUT2D eigenvalue weighted by Gasteiger charge is 2.44. The highest BCUT2D eigenvalue weighted by Crippen LogP contribution is 2.41. The van der Waals surface area contributed by atoms with Crippen molar-refractivity contribution in [3.05, 3.63) is 28.1 Å². The molecule has 2 bridgehead atoms. The Morgan fingerprint density at radius 2 is 2.00 bits per heavy atom. The molecule has 8 heteroatoms. The lowest BCUT2D eigenvalue weighted by Crippen LogP contribution is -2.42. The van der Waals surface area contributed by atoms with E-state index in [9.17, 15) is 8.42 Å². The van der Waals surface area contributed by atoms with Crippen molar-refractivity contribution in [1.82, 2.24) is 9.62 Å². The van der Waals surface area contributed by atoms with Crippen molar-refractivity contribution in [2.75, 3.05) is 13.1 Å². The lowest BCUT2D eigenvalue weighted by molar-refractivity contribution is 0.335. The minimum absolute atomic E-state index is 0. The van der Waals surface area contributed by atoms with Crippen molar-refractivity contribution in [2.24, 2.45) is 0 Å². The molecule has 2 unspecified atom stereocenters. The number of fused-ring (bicyclic) bond motifs is 3. The summed E-state index contributed by atoms with van der Waals surface area (Å²) in [6.07, 6.45) is 2.80. The number of nitrogens with zero attached hydrogens (tertiary/aromatic N) is 1. The summed E-state index contributed by atoms with van der Waals surface area (Å²) < 4.78 is 29.7. The maximum absolute atomic E-state index is 13.5. The minimum Gasteiger partial charge on any atom is -0.315 e. The standard InChI is InChI=1S/C16H19ClN2O2S2.ClH/c1-10-16(14-8-11(17)2-5-15(14)22-10)23(20,21)19-12-3-4-13(19)9-18-7-6-12;/h2,5,8,12-13,18H,3-4,6-7,9H2,1H3;1H. The van der Waals surface area contributed by atoms with Gasteiger partial charge in [-0.3, -0.25) is 0 Å². The molecule has 0 aliphatic carbocycles. The van der Waals surface area contributed by atoms with Crippen LogP contribution in [0.2, 0.25) is 5.02 Å². The van der Waals surface area contributed by atoms with E-state index in [0.29, 0.717) is 9.92 Å². The first-order valence-corrected chi connectivity index (χ1v) is 10.5. The van der Waals surface area contributed by atoms with Gasteiger partial charge in [0.1, 0.15) is 4.90 Å². The van der Waals surface area contributed by atoms with Gasteiger partial charge in [0, 0.05) is 38.6 Å². The molecule has 2 saturated heterocycles. The molecular weight excluding hydrogens is 387 g/mol. The average Bonchev–Trinajstić information content (AvgIpc) is 2.94. The molecule has 2 fully saturated rings. The first-order chi connectivity index (χ1) is 11.0. The Hall–Kier alpha value is -0.370. The Kier molecular flexibility index (Phi) is 5.17. The summed E-state index contributed by atoms with van der Waals surface area (Å²) >= 11 is 7.64. The summed E-state index contributed by atoms with van der Waals surface area (Å²) in [5, 5.41) is 4.70. The summed E-state index contributed by atoms with van der Waals surface area (Å²) in [6.45, 7) is 3.53. The maximum Gasteiger partial charge on any atom is 0.245 e. The zero-order valence-electron chi connectivity index (χ0n) is 13.3. The summed E-state index contributed by atoms with van der Waals surface area (Å²) in [7, 11) is -3.51. The second-order valence-corrected chi connectivity index (χ2v) is 9.81. The zero-order chi connectivity index (χ0) is 16.2. The van der Waals surface area contributed by atoms with Crippen molar-refractivity contribution in [1.29, 1.82) is 0 Å². The molecule has 0 radical (unpaired) electrons. The monoisotopic (exact) mass is 406 g/mol. The highest BCUT2D eigenvalue weighted by molar-refractivity contribution is 7.89. The summed E-state index contributed by atoms with van der Waals surface area (Å²) in [4.78, 5) is 1.30. The van der Waals surface area contributed by atoms with Gasteiger partial charge in [-0.05, 0) is 50.9 Å². The highest BCUT2D eigenvalue weighted by atomic mass is 35.5. The van der Waals surface area contributed by atoms with Crippen LogP contribution in [0.1, 0.15) is 24.1 Å². The number of nitrogens with one attached hydrogen (secondary N) is 1. The molecule has 24 heavy (non-hydrogen) atoms. The lowest BCUT2D eigenvalue weighted by atomic mass is 10.1. The molecule has 0 spiro atoms. The molecule has 4 nitrogen and oxygen atoms in total. The van der Waals surface area contributed by atoms with Crippen LogP contribution in [-0.2, 0) is 10.0 Å². The quantitative estimate of drug-likeness (QED) is 0.824. The predicted molar refractivity (Wildman–Crippen MR) is 102 cm³/mol. The zero-order valence-corrected chi connectivity index (χ0v) is 16.5. The largest absolute Gasteiger partial charge is 0.315 e. The first kappa shape index (κ1) is 18.4. The van der Waals surface area contributed by atoms with Gasteiger partial charge in [0.25, 0.3) is 0 Å². The van der Waals surface area contributed by atoms with Crippen LogP contribution < -0.4 is 5.32 Å². The Bertz CT molecular complexity index is 852. The molecule has 0 saturated carbocycles. The van der Waals surface area contributed by atoms with E-state index in [-0.39, 0.29) is 24.5 Å². The molecule has 3 heterocycles. The Morgan fingerprint density at radius 1 is 1.25 bits per heavy atom. The number of rotatable bonds is 2. The number of sulfonamides is 1. The molecule has 2 atom stereocenters.